The van der Waals surface area contributed by atoms with Crippen LogP contribution in [0, 0.1) is 0 Å². The molecule has 0 atom stereocenters. The Kier molecular flexibility index (Phi) is 3.90. The van der Waals surface area contributed by atoms with E-state index in [1.807, 2.05) is 24.3 Å². The molecule has 0 bridgehead atoms. The number of anilines is 1. The van der Waals surface area contributed by atoms with Gasteiger partial charge in [-0.3, -0.25) is 9.78 Å². The Morgan fingerprint density at radius 1 is 1.14 bits per heavy atom. The van der Waals surface area contributed by atoms with E-state index in [0.717, 1.165) is 15.4 Å². The SMILES string of the molecule is O=C(Nc1ccc(Cl)cc1Br)c1ccnc2ccccc12. The minimum atomic E-state index is -0.184. The van der Waals surface area contributed by atoms with Gasteiger partial charge in [0.05, 0.1) is 16.8 Å². The Balaban J connectivity index is 1.97. The van der Waals surface area contributed by atoms with Crippen LogP contribution in [0.4, 0.5) is 5.69 Å². The number of hydrogen-bond donors (Lipinski definition) is 1. The number of hydrogen-bond acceptors (Lipinski definition) is 2. The summed E-state index contributed by atoms with van der Waals surface area (Å²) in [6.07, 6.45) is 1.63. The van der Waals surface area contributed by atoms with Gasteiger partial charge in [0.1, 0.15) is 0 Å². The summed E-state index contributed by atoms with van der Waals surface area (Å²) in [6, 6.07) is 14.5. The monoisotopic (exact) mass is 360 g/mol. The number of fused-ring (bicyclic) bond motifs is 1. The van der Waals surface area contributed by atoms with Gasteiger partial charge in [-0.15, -0.1) is 0 Å². The summed E-state index contributed by atoms with van der Waals surface area (Å²) in [6.45, 7) is 0. The Labute approximate surface area is 135 Å². The van der Waals surface area contributed by atoms with Crippen molar-refractivity contribution >= 4 is 50.0 Å². The maximum atomic E-state index is 12.5. The molecule has 3 rings (SSSR count). The molecular weight excluding hydrogens is 352 g/mol. The van der Waals surface area contributed by atoms with Crippen molar-refractivity contribution in [2.45, 2.75) is 0 Å². The highest BCUT2D eigenvalue weighted by Crippen LogP contribution is 2.27. The van der Waals surface area contributed by atoms with Crippen molar-refractivity contribution in [2.75, 3.05) is 5.32 Å². The third-order valence-corrected chi connectivity index (χ3v) is 3.96. The average molecular weight is 362 g/mol. The Bertz CT molecular complexity index is 830. The number of carbonyl (C=O) groups is 1. The summed E-state index contributed by atoms with van der Waals surface area (Å²) < 4.78 is 0.738. The van der Waals surface area contributed by atoms with E-state index in [1.54, 1.807) is 30.5 Å². The van der Waals surface area contributed by atoms with Crippen molar-refractivity contribution in [3.63, 3.8) is 0 Å². The van der Waals surface area contributed by atoms with Crippen molar-refractivity contribution < 1.29 is 4.79 Å². The van der Waals surface area contributed by atoms with E-state index in [9.17, 15) is 4.79 Å². The molecule has 5 heteroatoms. The maximum absolute atomic E-state index is 12.5. The predicted octanol–water partition coefficient (Wildman–Crippen LogP) is 4.90. The molecule has 0 unspecified atom stereocenters. The number of nitrogens with zero attached hydrogens (tertiary/aromatic N) is 1. The molecule has 1 N–H and O–H groups in total. The zero-order chi connectivity index (χ0) is 14.8. The number of rotatable bonds is 2. The van der Waals surface area contributed by atoms with Crippen molar-refractivity contribution in [2.24, 2.45) is 0 Å². The summed E-state index contributed by atoms with van der Waals surface area (Å²) in [5, 5.41) is 4.30. The highest BCUT2D eigenvalue weighted by atomic mass is 79.9. The minimum Gasteiger partial charge on any atom is -0.321 e. The van der Waals surface area contributed by atoms with E-state index in [-0.39, 0.29) is 5.91 Å². The number of nitrogens with one attached hydrogen (secondary N) is 1. The summed E-state index contributed by atoms with van der Waals surface area (Å²) >= 11 is 9.28. The molecule has 0 aliphatic heterocycles. The summed E-state index contributed by atoms with van der Waals surface area (Å²) in [7, 11) is 0. The fourth-order valence-corrected chi connectivity index (χ4v) is 2.86. The van der Waals surface area contributed by atoms with E-state index in [0.29, 0.717) is 16.3 Å². The van der Waals surface area contributed by atoms with Crippen LogP contribution in [0.3, 0.4) is 0 Å². The zero-order valence-electron chi connectivity index (χ0n) is 10.8. The molecule has 0 aliphatic carbocycles. The second kappa shape index (κ2) is 5.84. The van der Waals surface area contributed by atoms with Gasteiger partial charge < -0.3 is 5.32 Å². The number of aromatic nitrogens is 1. The van der Waals surface area contributed by atoms with Crippen LogP contribution in [-0.2, 0) is 0 Å². The molecule has 1 heterocycles. The molecule has 3 aromatic rings. The normalized spacial score (nSPS) is 10.6. The maximum Gasteiger partial charge on any atom is 0.256 e. The van der Waals surface area contributed by atoms with Gasteiger partial charge in [0.15, 0.2) is 0 Å². The number of benzene rings is 2. The summed E-state index contributed by atoms with van der Waals surface area (Å²) in [5.74, 6) is -0.184. The zero-order valence-corrected chi connectivity index (χ0v) is 13.1. The first-order valence-corrected chi connectivity index (χ1v) is 7.42. The summed E-state index contributed by atoms with van der Waals surface area (Å²) in [4.78, 5) is 16.7. The van der Waals surface area contributed by atoms with Gasteiger partial charge >= 0.3 is 0 Å². The first-order valence-electron chi connectivity index (χ1n) is 6.25. The van der Waals surface area contributed by atoms with Gasteiger partial charge in [0.2, 0.25) is 0 Å². The second-order valence-corrected chi connectivity index (χ2v) is 5.74. The van der Waals surface area contributed by atoms with E-state index in [1.165, 1.54) is 0 Å². The van der Waals surface area contributed by atoms with E-state index < -0.39 is 0 Å². The van der Waals surface area contributed by atoms with E-state index in [4.69, 9.17) is 11.6 Å². The standard InChI is InChI=1S/C16H10BrClN2O/c17-13-9-10(18)5-6-15(13)20-16(21)12-7-8-19-14-4-2-1-3-11(12)14/h1-9H,(H,20,21). The van der Waals surface area contributed by atoms with Crippen LogP contribution in [0.5, 0.6) is 0 Å². The minimum absolute atomic E-state index is 0.184. The van der Waals surface area contributed by atoms with Crippen molar-refractivity contribution in [1.29, 1.82) is 0 Å². The van der Waals surface area contributed by atoms with Crippen molar-refractivity contribution in [3.05, 3.63) is 69.8 Å². The number of amides is 1. The fourth-order valence-electron chi connectivity index (χ4n) is 2.07. The van der Waals surface area contributed by atoms with Crippen LogP contribution in [0.1, 0.15) is 10.4 Å². The fraction of sp³-hybridized carbons (Fsp3) is 0. The number of carbonyl (C=O) groups excluding carboxylic acids is 1. The van der Waals surface area contributed by atoms with Crippen molar-refractivity contribution in [3.8, 4) is 0 Å². The predicted molar refractivity (Wildman–Crippen MR) is 88.8 cm³/mol. The molecule has 0 radical (unpaired) electrons. The molecule has 0 saturated heterocycles. The highest BCUT2D eigenvalue weighted by Gasteiger charge is 2.12. The van der Waals surface area contributed by atoms with Crippen LogP contribution in [-0.4, -0.2) is 10.9 Å². The van der Waals surface area contributed by atoms with Crippen LogP contribution in [0.15, 0.2) is 59.2 Å². The van der Waals surface area contributed by atoms with E-state index >= 15 is 0 Å². The molecular formula is C16H10BrClN2O. The molecule has 21 heavy (non-hydrogen) atoms. The molecule has 1 aromatic heterocycles. The quantitative estimate of drug-likeness (QED) is 0.705. The van der Waals surface area contributed by atoms with Gasteiger partial charge in [0, 0.05) is 21.1 Å². The van der Waals surface area contributed by atoms with Crippen LogP contribution < -0.4 is 5.32 Å². The molecule has 1 amide bonds. The Morgan fingerprint density at radius 3 is 2.76 bits per heavy atom. The van der Waals surface area contributed by atoms with Crippen molar-refractivity contribution in [1.82, 2.24) is 4.98 Å². The van der Waals surface area contributed by atoms with Crippen LogP contribution in [0.2, 0.25) is 5.02 Å². The largest absolute Gasteiger partial charge is 0.321 e. The topological polar surface area (TPSA) is 42.0 Å². The molecule has 3 nitrogen and oxygen atoms in total. The molecule has 2 aromatic carbocycles. The van der Waals surface area contributed by atoms with Gasteiger partial charge in [0.25, 0.3) is 5.91 Å². The molecule has 0 fully saturated rings. The lowest BCUT2D eigenvalue weighted by molar-refractivity contribution is 0.102. The molecule has 104 valence electrons. The lowest BCUT2D eigenvalue weighted by Gasteiger charge is -2.09. The van der Waals surface area contributed by atoms with Crippen LogP contribution >= 0.6 is 27.5 Å². The Morgan fingerprint density at radius 2 is 1.95 bits per heavy atom. The van der Waals surface area contributed by atoms with Gasteiger partial charge in [-0.1, -0.05) is 29.8 Å². The second-order valence-electron chi connectivity index (χ2n) is 4.45. The number of halogens is 2. The van der Waals surface area contributed by atoms with Gasteiger partial charge in [-0.05, 0) is 46.3 Å². The van der Waals surface area contributed by atoms with Crippen LogP contribution in [0.25, 0.3) is 10.9 Å². The molecule has 0 saturated carbocycles. The first-order chi connectivity index (χ1) is 10.1. The third-order valence-electron chi connectivity index (χ3n) is 3.07. The first kappa shape index (κ1) is 14.0. The molecule has 0 spiro atoms. The number of para-hydroxylation sites is 1. The Hall–Kier alpha value is -1.91. The highest BCUT2D eigenvalue weighted by molar-refractivity contribution is 9.10. The third kappa shape index (κ3) is 2.91. The van der Waals surface area contributed by atoms with Gasteiger partial charge in [-0.25, -0.2) is 0 Å². The average Bonchev–Trinajstić information content (AvgIpc) is 2.49. The smallest absolute Gasteiger partial charge is 0.256 e. The molecule has 0 aliphatic rings. The lowest BCUT2D eigenvalue weighted by Crippen LogP contribution is -2.13. The summed E-state index contributed by atoms with van der Waals surface area (Å²) in [5.41, 5.74) is 2.05. The lowest BCUT2D eigenvalue weighted by atomic mass is 10.1. The van der Waals surface area contributed by atoms with E-state index in [2.05, 4.69) is 26.2 Å². The van der Waals surface area contributed by atoms with Gasteiger partial charge in [-0.2, -0.15) is 0 Å². The number of pyridine rings is 1.